The van der Waals surface area contributed by atoms with Crippen LogP contribution >= 0.6 is 0 Å². The summed E-state index contributed by atoms with van der Waals surface area (Å²) in [4.78, 5) is 24.7. The largest absolute Gasteiger partial charge is 0.354 e. The Morgan fingerprint density at radius 3 is 3.06 bits per heavy atom. The lowest BCUT2D eigenvalue weighted by Gasteiger charge is -2.16. The zero-order valence-electron chi connectivity index (χ0n) is 10.3. The third-order valence-electron chi connectivity index (χ3n) is 2.77. The summed E-state index contributed by atoms with van der Waals surface area (Å²) in [5, 5.41) is 6.75. The van der Waals surface area contributed by atoms with Crippen LogP contribution < -0.4 is 5.32 Å². The Balaban J connectivity index is 1.94. The Morgan fingerprint density at radius 2 is 2.33 bits per heavy atom. The van der Waals surface area contributed by atoms with Crippen LogP contribution in [0.2, 0.25) is 0 Å². The maximum atomic E-state index is 11.9. The third-order valence-corrected chi connectivity index (χ3v) is 2.77. The number of carbonyl (C=O) groups is 2. The summed E-state index contributed by atoms with van der Waals surface area (Å²) in [7, 11) is 1.82. The molecule has 1 aromatic heterocycles. The van der Waals surface area contributed by atoms with E-state index in [0.717, 1.165) is 5.56 Å². The Hall–Kier alpha value is -2.11. The lowest BCUT2D eigenvalue weighted by molar-refractivity contribution is -0.125. The lowest BCUT2D eigenvalue weighted by atomic mass is 10.3. The summed E-state index contributed by atoms with van der Waals surface area (Å²) in [5.74, 6) is -0.0723. The zero-order valence-corrected chi connectivity index (χ0v) is 10.3. The SMILES string of the molecule is Cn1cc(C=CC(=O)N2CCNC(=O)CC2)cn1. The fourth-order valence-electron chi connectivity index (χ4n) is 1.79. The normalized spacial score (nSPS) is 16.7. The van der Waals surface area contributed by atoms with E-state index in [-0.39, 0.29) is 11.8 Å². The van der Waals surface area contributed by atoms with E-state index >= 15 is 0 Å². The first-order valence-electron chi connectivity index (χ1n) is 5.87. The van der Waals surface area contributed by atoms with Crippen LogP contribution in [0.5, 0.6) is 0 Å². The van der Waals surface area contributed by atoms with E-state index in [2.05, 4.69) is 10.4 Å². The van der Waals surface area contributed by atoms with Crippen molar-refractivity contribution in [1.29, 1.82) is 0 Å². The number of aromatic nitrogens is 2. The van der Waals surface area contributed by atoms with E-state index in [9.17, 15) is 9.59 Å². The van der Waals surface area contributed by atoms with Crippen LogP contribution in [-0.4, -0.2) is 46.1 Å². The van der Waals surface area contributed by atoms with E-state index < -0.39 is 0 Å². The van der Waals surface area contributed by atoms with Gasteiger partial charge in [0.15, 0.2) is 0 Å². The van der Waals surface area contributed by atoms with Gasteiger partial charge >= 0.3 is 0 Å². The average Bonchev–Trinajstić information content (AvgIpc) is 2.63. The molecule has 0 bridgehead atoms. The van der Waals surface area contributed by atoms with E-state index in [4.69, 9.17) is 0 Å². The second-order valence-corrected chi connectivity index (χ2v) is 4.21. The van der Waals surface area contributed by atoms with Crippen molar-refractivity contribution in [2.75, 3.05) is 19.6 Å². The number of carbonyl (C=O) groups excluding carboxylic acids is 2. The van der Waals surface area contributed by atoms with Crippen molar-refractivity contribution in [3.8, 4) is 0 Å². The minimum absolute atomic E-state index is 0.00142. The van der Waals surface area contributed by atoms with Crippen LogP contribution in [-0.2, 0) is 16.6 Å². The molecule has 96 valence electrons. The number of hydrogen-bond donors (Lipinski definition) is 1. The Bertz CT molecular complexity index is 478. The Morgan fingerprint density at radius 1 is 1.50 bits per heavy atom. The quantitative estimate of drug-likeness (QED) is 0.736. The molecule has 1 aromatic rings. The van der Waals surface area contributed by atoms with E-state index in [1.807, 2.05) is 13.2 Å². The first-order chi connectivity index (χ1) is 8.65. The summed E-state index contributed by atoms with van der Waals surface area (Å²) in [6.45, 7) is 1.55. The van der Waals surface area contributed by atoms with Gasteiger partial charge in [-0.15, -0.1) is 0 Å². The minimum atomic E-state index is -0.0737. The third kappa shape index (κ3) is 3.19. The topological polar surface area (TPSA) is 67.2 Å². The molecule has 0 atom stereocenters. The molecule has 1 saturated heterocycles. The minimum Gasteiger partial charge on any atom is -0.354 e. The molecule has 0 radical (unpaired) electrons. The van der Waals surface area contributed by atoms with Crippen molar-refractivity contribution < 1.29 is 9.59 Å². The fraction of sp³-hybridized carbons (Fsp3) is 0.417. The van der Waals surface area contributed by atoms with Crippen LogP contribution in [0.15, 0.2) is 18.5 Å². The predicted molar refractivity (Wildman–Crippen MR) is 66.4 cm³/mol. The summed E-state index contributed by atoms with van der Waals surface area (Å²) < 4.78 is 1.68. The van der Waals surface area contributed by atoms with E-state index in [0.29, 0.717) is 26.1 Å². The number of amides is 2. The van der Waals surface area contributed by atoms with Crippen LogP contribution in [0, 0.1) is 0 Å². The molecule has 0 unspecified atom stereocenters. The molecule has 1 aliphatic heterocycles. The molecule has 2 amide bonds. The Kier molecular flexibility index (Phi) is 3.76. The molecule has 1 fully saturated rings. The molecule has 0 aromatic carbocycles. The van der Waals surface area contributed by atoms with Gasteiger partial charge in [0.1, 0.15) is 0 Å². The van der Waals surface area contributed by atoms with Gasteiger partial charge in [-0.25, -0.2) is 0 Å². The van der Waals surface area contributed by atoms with Crippen molar-refractivity contribution in [1.82, 2.24) is 20.0 Å². The standard InChI is InChI=1S/C12H16N4O2/c1-15-9-10(8-14-15)2-3-12(18)16-6-4-11(17)13-5-7-16/h2-3,8-9H,4-7H2,1H3,(H,13,17). The van der Waals surface area contributed by atoms with Gasteiger partial charge in [-0.3, -0.25) is 14.3 Å². The molecule has 6 nitrogen and oxygen atoms in total. The highest BCUT2D eigenvalue weighted by atomic mass is 16.2. The van der Waals surface area contributed by atoms with Crippen molar-refractivity contribution >= 4 is 17.9 Å². The summed E-state index contributed by atoms with van der Waals surface area (Å²) in [6, 6.07) is 0. The maximum Gasteiger partial charge on any atom is 0.246 e. The molecule has 0 spiro atoms. The number of aryl methyl sites for hydroxylation is 1. The molecular weight excluding hydrogens is 232 g/mol. The van der Waals surface area contributed by atoms with Gasteiger partial charge in [-0.05, 0) is 6.08 Å². The van der Waals surface area contributed by atoms with Crippen LogP contribution in [0.3, 0.4) is 0 Å². The van der Waals surface area contributed by atoms with Crippen LogP contribution in [0.25, 0.3) is 6.08 Å². The highest BCUT2D eigenvalue weighted by molar-refractivity contribution is 5.92. The molecule has 0 aliphatic carbocycles. The van der Waals surface area contributed by atoms with Gasteiger partial charge < -0.3 is 10.2 Å². The first-order valence-corrected chi connectivity index (χ1v) is 5.87. The smallest absolute Gasteiger partial charge is 0.246 e. The second kappa shape index (κ2) is 5.48. The first kappa shape index (κ1) is 12.3. The van der Waals surface area contributed by atoms with Gasteiger partial charge in [0.2, 0.25) is 11.8 Å². The summed E-state index contributed by atoms with van der Waals surface area (Å²) >= 11 is 0. The maximum absolute atomic E-state index is 11.9. The number of rotatable bonds is 2. The van der Waals surface area contributed by atoms with Gasteiger partial charge in [0.25, 0.3) is 0 Å². The van der Waals surface area contributed by atoms with Crippen LogP contribution in [0.4, 0.5) is 0 Å². The van der Waals surface area contributed by atoms with Gasteiger partial charge in [0, 0.05) is 50.9 Å². The zero-order chi connectivity index (χ0) is 13.0. The molecule has 6 heteroatoms. The number of hydrogen-bond acceptors (Lipinski definition) is 3. The average molecular weight is 248 g/mol. The highest BCUT2D eigenvalue weighted by Gasteiger charge is 2.16. The van der Waals surface area contributed by atoms with Crippen molar-refractivity contribution in [3.05, 3.63) is 24.0 Å². The molecule has 1 N–H and O–H groups in total. The van der Waals surface area contributed by atoms with Crippen LogP contribution in [0.1, 0.15) is 12.0 Å². The number of nitrogens with one attached hydrogen (secondary N) is 1. The fourth-order valence-corrected chi connectivity index (χ4v) is 1.79. The van der Waals surface area contributed by atoms with E-state index in [1.54, 1.807) is 21.9 Å². The molecule has 18 heavy (non-hydrogen) atoms. The monoisotopic (exact) mass is 248 g/mol. The van der Waals surface area contributed by atoms with E-state index in [1.165, 1.54) is 6.08 Å². The summed E-state index contributed by atoms with van der Waals surface area (Å²) in [5.41, 5.74) is 0.884. The highest BCUT2D eigenvalue weighted by Crippen LogP contribution is 2.02. The lowest BCUT2D eigenvalue weighted by Crippen LogP contribution is -2.32. The molecule has 2 rings (SSSR count). The molecule has 2 heterocycles. The molecule has 1 aliphatic rings. The van der Waals surface area contributed by atoms with Crippen molar-refractivity contribution in [2.45, 2.75) is 6.42 Å². The van der Waals surface area contributed by atoms with Crippen molar-refractivity contribution in [3.63, 3.8) is 0 Å². The summed E-state index contributed by atoms with van der Waals surface area (Å²) in [6.07, 6.45) is 7.14. The van der Waals surface area contributed by atoms with Gasteiger partial charge in [-0.1, -0.05) is 0 Å². The Labute approximate surface area is 105 Å². The molecule has 0 saturated carbocycles. The molecular formula is C12H16N4O2. The van der Waals surface area contributed by atoms with Crippen molar-refractivity contribution in [2.24, 2.45) is 7.05 Å². The second-order valence-electron chi connectivity index (χ2n) is 4.21. The predicted octanol–water partition coefficient (Wildman–Crippen LogP) is -0.218. The van der Waals surface area contributed by atoms with Gasteiger partial charge in [0.05, 0.1) is 6.20 Å². The number of nitrogens with zero attached hydrogens (tertiary/aromatic N) is 3. The van der Waals surface area contributed by atoms with Gasteiger partial charge in [-0.2, -0.15) is 5.10 Å².